The highest BCUT2D eigenvalue weighted by Gasteiger charge is 2.14. The Hall–Kier alpha value is 0.470. The van der Waals surface area contributed by atoms with Crippen molar-refractivity contribution in [3.05, 3.63) is 21.3 Å². The van der Waals surface area contributed by atoms with E-state index in [2.05, 4.69) is 35.8 Å². The van der Waals surface area contributed by atoms with Crippen LogP contribution in [0.3, 0.4) is 0 Å². The van der Waals surface area contributed by atoms with Crippen molar-refractivity contribution in [2.45, 2.75) is 19.8 Å². The third kappa shape index (κ3) is 2.48. The van der Waals surface area contributed by atoms with E-state index in [9.17, 15) is 0 Å². The van der Waals surface area contributed by atoms with E-state index in [4.69, 9.17) is 11.6 Å². The zero-order chi connectivity index (χ0) is 9.14. The Labute approximate surface area is 91.1 Å². The van der Waals surface area contributed by atoms with Gasteiger partial charge in [-0.2, -0.15) is 0 Å². The molecule has 0 aliphatic rings. The highest BCUT2D eigenvalue weighted by atomic mass is 79.9. The molecule has 0 aliphatic carbocycles. The maximum atomic E-state index is 5.86. The molecule has 3 heteroatoms. The summed E-state index contributed by atoms with van der Waals surface area (Å²) in [7, 11) is 0. The van der Waals surface area contributed by atoms with E-state index >= 15 is 0 Å². The van der Waals surface area contributed by atoms with Crippen LogP contribution >= 0.6 is 38.9 Å². The Balaban J connectivity index is 2.70. The van der Waals surface area contributed by atoms with E-state index in [1.165, 1.54) is 4.88 Å². The fourth-order valence-corrected chi connectivity index (χ4v) is 2.79. The molecule has 0 saturated heterocycles. The fourth-order valence-electron chi connectivity index (χ4n) is 0.987. The predicted molar refractivity (Wildman–Crippen MR) is 60.7 cm³/mol. The summed E-state index contributed by atoms with van der Waals surface area (Å²) in [5.41, 5.74) is 0. The second-order valence-electron chi connectivity index (χ2n) is 3.06. The molecule has 12 heavy (non-hydrogen) atoms. The van der Waals surface area contributed by atoms with E-state index in [1.54, 1.807) is 11.3 Å². The zero-order valence-corrected chi connectivity index (χ0v) is 10.3. The molecule has 0 saturated carbocycles. The van der Waals surface area contributed by atoms with Crippen molar-refractivity contribution in [2.75, 3.05) is 5.33 Å². The molecule has 0 aromatic carbocycles. The van der Waals surface area contributed by atoms with E-state index < -0.39 is 0 Å². The number of alkyl halides is 1. The first-order valence-corrected chi connectivity index (χ1v) is 6.28. The van der Waals surface area contributed by atoms with Crippen molar-refractivity contribution in [1.82, 2.24) is 0 Å². The smallest absolute Gasteiger partial charge is 0.0931 e. The van der Waals surface area contributed by atoms with Gasteiger partial charge in [0.25, 0.3) is 0 Å². The van der Waals surface area contributed by atoms with Crippen molar-refractivity contribution in [3.63, 3.8) is 0 Å². The van der Waals surface area contributed by atoms with Crippen LogP contribution in [0.25, 0.3) is 0 Å². The van der Waals surface area contributed by atoms with Gasteiger partial charge in [0.05, 0.1) is 4.34 Å². The molecule has 1 aromatic rings. The summed E-state index contributed by atoms with van der Waals surface area (Å²) < 4.78 is 0.888. The molecular weight excluding hydrogens is 256 g/mol. The molecule has 0 fully saturated rings. The summed E-state index contributed by atoms with van der Waals surface area (Å²) >= 11 is 11.0. The summed E-state index contributed by atoms with van der Waals surface area (Å²) in [6.45, 7) is 4.49. The highest BCUT2D eigenvalue weighted by Crippen LogP contribution is 2.32. The number of halogens is 2. The third-order valence-electron chi connectivity index (χ3n) is 2.14. The first kappa shape index (κ1) is 10.6. The number of hydrogen-bond donors (Lipinski definition) is 0. The minimum atomic E-state index is 0.599. The minimum absolute atomic E-state index is 0.599. The van der Waals surface area contributed by atoms with Crippen LogP contribution in [0.5, 0.6) is 0 Å². The second kappa shape index (κ2) is 4.64. The largest absolute Gasteiger partial charge is 0.128 e. The highest BCUT2D eigenvalue weighted by molar-refractivity contribution is 9.09. The van der Waals surface area contributed by atoms with Gasteiger partial charge in [0.2, 0.25) is 0 Å². The van der Waals surface area contributed by atoms with Crippen molar-refractivity contribution in [2.24, 2.45) is 5.92 Å². The van der Waals surface area contributed by atoms with Crippen LogP contribution in [0.15, 0.2) is 12.1 Å². The van der Waals surface area contributed by atoms with Gasteiger partial charge in [-0.05, 0) is 24.0 Å². The second-order valence-corrected chi connectivity index (χ2v) is 5.46. The van der Waals surface area contributed by atoms with Gasteiger partial charge in [-0.25, -0.2) is 0 Å². The Morgan fingerprint density at radius 2 is 2.17 bits per heavy atom. The molecule has 68 valence electrons. The monoisotopic (exact) mass is 266 g/mol. The van der Waals surface area contributed by atoms with Gasteiger partial charge in [0, 0.05) is 10.2 Å². The topological polar surface area (TPSA) is 0 Å². The number of rotatable bonds is 3. The number of hydrogen-bond acceptors (Lipinski definition) is 1. The average Bonchev–Trinajstić information content (AvgIpc) is 2.49. The van der Waals surface area contributed by atoms with Crippen LogP contribution in [-0.4, -0.2) is 5.33 Å². The lowest BCUT2D eigenvalue weighted by Crippen LogP contribution is -2.05. The molecule has 1 aromatic heterocycles. The maximum absolute atomic E-state index is 5.86. The molecule has 0 bridgehead atoms. The fraction of sp³-hybridized carbons (Fsp3) is 0.556. The van der Waals surface area contributed by atoms with Crippen LogP contribution in [0.2, 0.25) is 4.34 Å². The van der Waals surface area contributed by atoms with Crippen LogP contribution < -0.4 is 0 Å². The lowest BCUT2D eigenvalue weighted by molar-refractivity contribution is 0.555. The van der Waals surface area contributed by atoms with Gasteiger partial charge in [0.1, 0.15) is 0 Å². The molecule has 1 rings (SSSR count). The normalized spacial score (nSPS) is 16.0. The summed E-state index contributed by atoms with van der Waals surface area (Å²) in [6, 6.07) is 4.09. The zero-order valence-electron chi connectivity index (χ0n) is 7.18. The molecule has 2 atom stereocenters. The first-order chi connectivity index (χ1) is 5.65. The molecule has 0 radical (unpaired) electrons. The van der Waals surface area contributed by atoms with Crippen LogP contribution in [-0.2, 0) is 0 Å². The summed E-state index contributed by atoms with van der Waals surface area (Å²) in [4.78, 5) is 1.38. The maximum Gasteiger partial charge on any atom is 0.0931 e. The van der Waals surface area contributed by atoms with Gasteiger partial charge >= 0.3 is 0 Å². The Bertz CT molecular complexity index is 246. The molecule has 0 amide bonds. The van der Waals surface area contributed by atoms with Crippen molar-refractivity contribution in [3.8, 4) is 0 Å². The first-order valence-electron chi connectivity index (χ1n) is 3.96. The standard InChI is InChI=1S/C9H12BrClS/c1-6(5-10)7(2)8-3-4-9(11)12-8/h3-4,6-7H,5H2,1-2H3. The average molecular weight is 268 g/mol. The van der Waals surface area contributed by atoms with Crippen LogP contribution in [0.4, 0.5) is 0 Å². The van der Waals surface area contributed by atoms with Gasteiger partial charge in [0.15, 0.2) is 0 Å². The van der Waals surface area contributed by atoms with E-state index in [-0.39, 0.29) is 0 Å². The van der Waals surface area contributed by atoms with Gasteiger partial charge in [-0.1, -0.05) is 41.4 Å². The number of thiophene rings is 1. The minimum Gasteiger partial charge on any atom is -0.128 e. The summed E-state index contributed by atoms with van der Waals surface area (Å²) in [6.07, 6.45) is 0. The predicted octanol–water partition coefficient (Wildman–Crippen LogP) is 4.54. The van der Waals surface area contributed by atoms with Crippen LogP contribution in [0, 0.1) is 5.92 Å². The quantitative estimate of drug-likeness (QED) is 0.706. The molecular formula is C9H12BrClS. The SMILES string of the molecule is CC(CBr)C(C)c1ccc(Cl)s1. The Morgan fingerprint density at radius 1 is 1.50 bits per heavy atom. The van der Waals surface area contributed by atoms with Gasteiger partial charge in [-0.15, -0.1) is 11.3 Å². The van der Waals surface area contributed by atoms with Gasteiger partial charge in [-0.3, -0.25) is 0 Å². The molecule has 0 N–H and O–H groups in total. The van der Waals surface area contributed by atoms with Crippen LogP contribution in [0.1, 0.15) is 24.6 Å². The summed E-state index contributed by atoms with van der Waals surface area (Å²) in [5, 5.41) is 1.05. The van der Waals surface area contributed by atoms with E-state index in [0.717, 1.165) is 9.67 Å². The Morgan fingerprint density at radius 3 is 2.58 bits per heavy atom. The molecule has 1 heterocycles. The molecule has 2 unspecified atom stereocenters. The van der Waals surface area contributed by atoms with Gasteiger partial charge < -0.3 is 0 Å². The van der Waals surface area contributed by atoms with E-state index in [0.29, 0.717) is 11.8 Å². The molecule has 0 aliphatic heterocycles. The van der Waals surface area contributed by atoms with E-state index in [1.807, 2.05) is 6.07 Å². The Kier molecular flexibility index (Phi) is 4.08. The lowest BCUT2D eigenvalue weighted by Gasteiger charge is -2.15. The van der Waals surface area contributed by atoms with Crippen molar-refractivity contribution in [1.29, 1.82) is 0 Å². The summed E-state index contributed by atoms with van der Waals surface area (Å²) in [5.74, 6) is 1.27. The molecule has 0 spiro atoms. The van der Waals surface area contributed by atoms with Crippen molar-refractivity contribution >= 4 is 38.9 Å². The molecule has 0 nitrogen and oxygen atoms in total. The van der Waals surface area contributed by atoms with Crippen molar-refractivity contribution < 1.29 is 0 Å². The third-order valence-corrected chi connectivity index (χ3v) is 4.59. The lowest BCUT2D eigenvalue weighted by atomic mass is 9.97.